The third-order valence-electron chi connectivity index (χ3n) is 2.59. The largest absolute Gasteiger partial charge is 0.493 e. The normalized spacial score (nSPS) is 10.8. The molecule has 0 amide bonds. The van der Waals surface area contributed by atoms with E-state index >= 15 is 0 Å². The van der Waals surface area contributed by atoms with Crippen LogP contribution in [0, 0.1) is 0 Å². The lowest BCUT2D eigenvalue weighted by molar-refractivity contribution is -0.136. The van der Waals surface area contributed by atoms with Crippen LogP contribution >= 0.6 is 0 Å². The standard InChI is InChI=1S/C16H18O5/c1-4-5-6-7-16(18)21-11-13(17)12-8-9-14(19-2)15(10-12)20-3/h4-10H,11H2,1-3H3/b5-4+,7-6+. The highest BCUT2D eigenvalue weighted by atomic mass is 16.5. The van der Waals surface area contributed by atoms with E-state index in [2.05, 4.69) is 0 Å². The van der Waals surface area contributed by atoms with Gasteiger partial charge in [-0.15, -0.1) is 0 Å². The summed E-state index contributed by atoms with van der Waals surface area (Å²) < 4.78 is 15.1. The molecule has 21 heavy (non-hydrogen) atoms. The Bertz CT molecular complexity index is 558. The Balaban J connectivity index is 2.66. The first-order chi connectivity index (χ1) is 10.1. The van der Waals surface area contributed by atoms with Gasteiger partial charge in [0.25, 0.3) is 0 Å². The van der Waals surface area contributed by atoms with E-state index in [0.29, 0.717) is 17.1 Å². The molecule has 0 aliphatic heterocycles. The van der Waals surface area contributed by atoms with Crippen molar-refractivity contribution in [1.29, 1.82) is 0 Å². The zero-order valence-electron chi connectivity index (χ0n) is 12.3. The molecule has 0 spiro atoms. The SMILES string of the molecule is C/C=C/C=C/C(=O)OCC(=O)c1ccc(OC)c(OC)c1. The number of rotatable bonds is 7. The zero-order valence-corrected chi connectivity index (χ0v) is 12.3. The van der Waals surface area contributed by atoms with Crippen LogP contribution in [0.25, 0.3) is 0 Å². The molecular weight excluding hydrogens is 272 g/mol. The minimum Gasteiger partial charge on any atom is -0.493 e. The van der Waals surface area contributed by atoms with Crippen LogP contribution in [-0.4, -0.2) is 32.6 Å². The average molecular weight is 290 g/mol. The molecule has 0 saturated heterocycles. The fraction of sp³-hybridized carbons (Fsp3) is 0.250. The number of esters is 1. The lowest BCUT2D eigenvalue weighted by Crippen LogP contribution is -2.12. The van der Waals surface area contributed by atoms with Gasteiger partial charge in [0.05, 0.1) is 14.2 Å². The number of carbonyl (C=O) groups excluding carboxylic acids is 2. The van der Waals surface area contributed by atoms with E-state index < -0.39 is 5.97 Å². The van der Waals surface area contributed by atoms with Crippen LogP contribution in [0.5, 0.6) is 11.5 Å². The second-order valence-electron chi connectivity index (χ2n) is 3.99. The van der Waals surface area contributed by atoms with Crippen LogP contribution in [0.15, 0.2) is 42.5 Å². The van der Waals surface area contributed by atoms with Gasteiger partial charge in [-0.2, -0.15) is 0 Å². The van der Waals surface area contributed by atoms with Crippen molar-refractivity contribution in [2.24, 2.45) is 0 Å². The Kier molecular flexibility index (Phi) is 6.74. The zero-order chi connectivity index (χ0) is 15.7. The minimum atomic E-state index is -0.568. The first-order valence-electron chi connectivity index (χ1n) is 6.33. The van der Waals surface area contributed by atoms with E-state index in [1.807, 2.05) is 6.92 Å². The third kappa shape index (κ3) is 5.14. The number of benzene rings is 1. The molecule has 1 aromatic carbocycles. The molecule has 0 unspecified atom stereocenters. The summed E-state index contributed by atoms with van der Waals surface area (Å²) in [5, 5.41) is 0. The highest BCUT2D eigenvalue weighted by molar-refractivity contribution is 5.99. The summed E-state index contributed by atoms with van der Waals surface area (Å²) in [4.78, 5) is 23.3. The Hall–Kier alpha value is -2.56. The second kappa shape index (κ2) is 8.58. The molecule has 0 aliphatic rings. The van der Waals surface area contributed by atoms with Crippen molar-refractivity contribution in [3.8, 4) is 11.5 Å². The number of carbonyl (C=O) groups is 2. The lowest BCUT2D eigenvalue weighted by atomic mass is 10.1. The quantitative estimate of drug-likeness (QED) is 0.334. The predicted octanol–water partition coefficient (Wildman–Crippen LogP) is 2.56. The maximum atomic E-state index is 11.9. The minimum absolute atomic E-state index is 0.316. The van der Waals surface area contributed by atoms with E-state index in [4.69, 9.17) is 14.2 Å². The van der Waals surface area contributed by atoms with Crippen LogP contribution < -0.4 is 9.47 Å². The van der Waals surface area contributed by atoms with Crippen molar-refractivity contribution in [2.75, 3.05) is 20.8 Å². The Labute approximate surface area is 123 Å². The van der Waals surface area contributed by atoms with Crippen molar-refractivity contribution in [1.82, 2.24) is 0 Å². The van der Waals surface area contributed by atoms with Gasteiger partial charge in [0.15, 0.2) is 23.9 Å². The summed E-state index contributed by atoms with van der Waals surface area (Å²) in [6, 6.07) is 4.76. The summed E-state index contributed by atoms with van der Waals surface area (Å²) in [6.07, 6.45) is 6.26. The number of ether oxygens (including phenoxy) is 3. The fourth-order valence-corrected chi connectivity index (χ4v) is 1.52. The molecular formula is C16H18O5. The van der Waals surface area contributed by atoms with Gasteiger partial charge in [-0.1, -0.05) is 18.2 Å². The van der Waals surface area contributed by atoms with Gasteiger partial charge in [0, 0.05) is 11.6 Å². The van der Waals surface area contributed by atoms with Crippen LogP contribution in [0.4, 0.5) is 0 Å². The predicted molar refractivity (Wildman–Crippen MR) is 78.8 cm³/mol. The first kappa shape index (κ1) is 16.5. The maximum Gasteiger partial charge on any atom is 0.331 e. The Morgan fingerprint density at radius 3 is 2.43 bits per heavy atom. The lowest BCUT2D eigenvalue weighted by Gasteiger charge is -2.09. The maximum absolute atomic E-state index is 11.9. The highest BCUT2D eigenvalue weighted by Gasteiger charge is 2.12. The molecule has 0 aliphatic carbocycles. The average Bonchev–Trinajstić information content (AvgIpc) is 2.52. The summed E-state index contributed by atoms with van der Waals surface area (Å²) in [7, 11) is 3.00. The number of Topliss-reactive ketones (excluding diaryl/α,β-unsaturated/α-hetero) is 1. The summed E-state index contributed by atoms with van der Waals surface area (Å²) in [5.41, 5.74) is 0.387. The van der Waals surface area contributed by atoms with Crippen molar-refractivity contribution in [3.05, 3.63) is 48.1 Å². The van der Waals surface area contributed by atoms with Gasteiger partial charge in [-0.3, -0.25) is 4.79 Å². The summed E-state index contributed by atoms with van der Waals surface area (Å²) >= 11 is 0. The van der Waals surface area contributed by atoms with Gasteiger partial charge in [-0.25, -0.2) is 4.79 Å². The smallest absolute Gasteiger partial charge is 0.331 e. The molecule has 112 valence electrons. The van der Waals surface area contributed by atoms with Crippen molar-refractivity contribution in [2.45, 2.75) is 6.92 Å². The van der Waals surface area contributed by atoms with Crippen LogP contribution in [-0.2, 0) is 9.53 Å². The van der Waals surface area contributed by atoms with E-state index in [-0.39, 0.29) is 12.4 Å². The van der Waals surface area contributed by atoms with Crippen molar-refractivity contribution >= 4 is 11.8 Å². The molecule has 0 fully saturated rings. The molecule has 0 N–H and O–H groups in total. The summed E-state index contributed by atoms with van der Waals surface area (Å²) in [6.45, 7) is 1.50. The molecule has 0 atom stereocenters. The molecule has 5 heteroatoms. The van der Waals surface area contributed by atoms with Gasteiger partial charge >= 0.3 is 5.97 Å². The molecule has 0 aromatic heterocycles. The van der Waals surface area contributed by atoms with Crippen molar-refractivity contribution < 1.29 is 23.8 Å². The first-order valence-corrected chi connectivity index (χ1v) is 6.33. The van der Waals surface area contributed by atoms with Crippen LogP contribution in [0.2, 0.25) is 0 Å². The number of hydrogen-bond donors (Lipinski definition) is 0. The Morgan fingerprint density at radius 2 is 1.81 bits per heavy atom. The third-order valence-corrected chi connectivity index (χ3v) is 2.59. The molecule has 0 heterocycles. The van der Waals surface area contributed by atoms with E-state index in [0.717, 1.165) is 0 Å². The Morgan fingerprint density at radius 1 is 1.10 bits per heavy atom. The van der Waals surface area contributed by atoms with Gasteiger partial charge in [-0.05, 0) is 25.1 Å². The molecule has 1 rings (SSSR count). The van der Waals surface area contributed by atoms with Crippen molar-refractivity contribution in [3.63, 3.8) is 0 Å². The van der Waals surface area contributed by atoms with Gasteiger partial charge in [0.2, 0.25) is 0 Å². The summed E-state index contributed by atoms with van der Waals surface area (Å²) in [5.74, 6) is 0.0913. The van der Waals surface area contributed by atoms with Gasteiger partial charge in [0.1, 0.15) is 0 Å². The fourth-order valence-electron chi connectivity index (χ4n) is 1.52. The van der Waals surface area contributed by atoms with Crippen LogP contribution in [0.3, 0.4) is 0 Å². The molecule has 5 nitrogen and oxygen atoms in total. The molecule has 1 aromatic rings. The second-order valence-corrected chi connectivity index (χ2v) is 3.99. The number of methoxy groups -OCH3 is 2. The van der Waals surface area contributed by atoms with E-state index in [1.54, 1.807) is 36.4 Å². The van der Waals surface area contributed by atoms with Crippen LogP contribution in [0.1, 0.15) is 17.3 Å². The highest BCUT2D eigenvalue weighted by Crippen LogP contribution is 2.27. The number of ketones is 1. The van der Waals surface area contributed by atoms with Gasteiger partial charge < -0.3 is 14.2 Å². The molecule has 0 saturated carbocycles. The molecule has 0 bridgehead atoms. The number of allylic oxidation sites excluding steroid dienone is 3. The molecule has 0 radical (unpaired) electrons. The monoisotopic (exact) mass is 290 g/mol. The van der Waals surface area contributed by atoms with E-state index in [9.17, 15) is 9.59 Å². The topological polar surface area (TPSA) is 61.8 Å². The van der Waals surface area contributed by atoms with E-state index in [1.165, 1.54) is 20.3 Å². The number of hydrogen-bond acceptors (Lipinski definition) is 5.